The standard InChI is InChI=1S/C17H23NO4/c1-11-10-18(9-8-15(11)17(20)21)16(19)12(2)13-4-6-14(22-3)7-5-13/h4-7,11-12,15H,8-10H2,1-3H3,(H,20,21). The number of carbonyl (C=O) groups excluding carboxylic acids is 1. The van der Waals surface area contributed by atoms with Crippen molar-refractivity contribution in [2.75, 3.05) is 20.2 Å². The molecule has 0 aliphatic carbocycles. The molecule has 1 aromatic carbocycles. The summed E-state index contributed by atoms with van der Waals surface area (Å²) in [7, 11) is 1.61. The molecule has 0 bridgehead atoms. The maximum atomic E-state index is 12.6. The van der Waals surface area contributed by atoms with E-state index in [0.29, 0.717) is 19.5 Å². The minimum atomic E-state index is -0.761. The van der Waals surface area contributed by atoms with Gasteiger partial charge in [0.2, 0.25) is 5.91 Å². The number of hydrogen-bond donors (Lipinski definition) is 1. The largest absolute Gasteiger partial charge is 0.497 e. The number of piperidine rings is 1. The van der Waals surface area contributed by atoms with Crippen LogP contribution in [-0.4, -0.2) is 42.1 Å². The number of carbonyl (C=O) groups is 2. The number of likely N-dealkylation sites (tertiary alicyclic amines) is 1. The number of ether oxygens (including phenoxy) is 1. The number of benzene rings is 1. The molecular formula is C17H23NO4. The van der Waals surface area contributed by atoms with Crippen LogP contribution >= 0.6 is 0 Å². The molecule has 2 rings (SSSR count). The molecule has 1 aliphatic heterocycles. The summed E-state index contributed by atoms with van der Waals surface area (Å²) >= 11 is 0. The van der Waals surface area contributed by atoms with Gasteiger partial charge in [-0.25, -0.2) is 0 Å². The molecule has 1 heterocycles. The summed E-state index contributed by atoms with van der Waals surface area (Å²) < 4.78 is 5.12. The van der Waals surface area contributed by atoms with E-state index in [1.54, 1.807) is 12.0 Å². The SMILES string of the molecule is COc1ccc(C(C)C(=O)N2CCC(C(=O)O)C(C)C2)cc1. The normalized spacial score (nSPS) is 23.0. The molecular weight excluding hydrogens is 282 g/mol. The number of nitrogens with zero attached hydrogens (tertiary/aromatic N) is 1. The van der Waals surface area contributed by atoms with Gasteiger partial charge in [-0.15, -0.1) is 0 Å². The molecule has 5 heteroatoms. The molecule has 5 nitrogen and oxygen atoms in total. The third kappa shape index (κ3) is 3.40. The zero-order chi connectivity index (χ0) is 16.3. The topological polar surface area (TPSA) is 66.8 Å². The van der Waals surface area contributed by atoms with Crippen LogP contribution in [0.25, 0.3) is 0 Å². The zero-order valence-corrected chi connectivity index (χ0v) is 13.3. The summed E-state index contributed by atoms with van der Waals surface area (Å²) in [5, 5.41) is 9.15. The van der Waals surface area contributed by atoms with Crippen molar-refractivity contribution in [3.8, 4) is 5.75 Å². The van der Waals surface area contributed by atoms with Crippen LogP contribution in [0.5, 0.6) is 5.75 Å². The molecule has 1 fully saturated rings. The van der Waals surface area contributed by atoms with Crippen LogP contribution < -0.4 is 4.74 Å². The zero-order valence-electron chi connectivity index (χ0n) is 13.3. The summed E-state index contributed by atoms with van der Waals surface area (Å²) in [4.78, 5) is 25.6. The van der Waals surface area contributed by atoms with E-state index in [1.807, 2.05) is 38.1 Å². The molecule has 1 N–H and O–H groups in total. The van der Waals surface area contributed by atoms with Gasteiger partial charge in [-0.1, -0.05) is 19.1 Å². The minimum absolute atomic E-state index is 0.0155. The maximum Gasteiger partial charge on any atom is 0.306 e. The molecule has 22 heavy (non-hydrogen) atoms. The van der Waals surface area contributed by atoms with Gasteiger partial charge in [0.05, 0.1) is 18.9 Å². The van der Waals surface area contributed by atoms with Crippen molar-refractivity contribution in [1.82, 2.24) is 4.90 Å². The predicted octanol–water partition coefficient (Wildman–Crippen LogP) is 2.37. The molecule has 0 saturated carbocycles. The summed E-state index contributed by atoms with van der Waals surface area (Å²) in [5.74, 6) is -0.541. The fourth-order valence-corrected chi connectivity index (χ4v) is 3.02. The van der Waals surface area contributed by atoms with E-state index < -0.39 is 5.97 Å². The first kappa shape index (κ1) is 16.3. The molecule has 1 saturated heterocycles. The molecule has 0 aromatic heterocycles. The average Bonchev–Trinajstić information content (AvgIpc) is 2.53. The van der Waals surface area contributed by atoms with Crippen molar-refractivity contribution < 1.29 is 19.4 Å². The highest BCUT2D eigenvalue weighted by Gasteiger charge is 2.34. The van der Waals surface area contributed by atoms with E-state index in [-0.39, 0.29) is 23.7 Å². The third-order valence-corrected chi connectivity index (χ3v) is 4.52. The fourth-order valence-electron chi connectivity index (χ4n) is 3.02. The summed E-state index contributed by atoms with van der Waals surface area (Å²) in [6, 6.07) is 7.49. The van der Waals surface area contributed by atoms with Crippen LogP contribution in [0, 0.1) is 11.8 Å². The Morgan fingerprint density at radius 1 is 1.32 bits per heavy atom. The number of hydrogen-bond acceptors (Lipinski definition) is 3. The second kappa shape index (κ2) is 6.81. The lowest BCUT2D eigenvalue weighted by atomic mass is 9.86. The van der Waals surface area contributed by atoms with Gasteiger partial charge in [-0.05, 0) is 37.0 Å². The molecule has 0 spiro atoms. The Kier molecular flexibility index (Phi) is 5.06. The van der Waals surface area contributed by atoms with Crippen LogP contribution in [0.2, 0.25) is 0 Å². The lowest BCUT2D eigenvalue weighted by Crippen LogP contribution is -2.46. The van der Waals surface area contributed by atoms with Crippen molar-refractivity contribution in [3.63, 3.8) is 0 Å². The Balaban J connectivity index is 2.03. The molecule has 1 amide bonds. The number of amides is 1. The Labute approximate surface area is 130 Å². The molecule has 3 unspecified atom stereocenters. The fraction of sp³-hybridized carbons (Fsp3) is 0.529. The Morgan fingerprint density at radius 3 is 2.45 bits per heavy atom. The van der Waals surface area contributed by atoms with Gasteiger partial charge in [0, 0.05) is 13.1 Å². The summed E-state index contributed by atoms with van der Waals surface area (Å²) in [6.45, 7) is 4.81. The number of rotatable bonds is 4. The van der Waals surface area contributed by atoms with Gasteiger partial charge in [0.1, 0.15) is 5.75 Å². The Bertz CT molecular complexity index is 540. The maximum absolute atomic E-state index is 12.6. The van der Waals surface area contributed by atoms with E-state index in [0.717, 1.165) is 11.3 Å². The van der Waals surface area contributed by atoms with Gasteiger partial charge < -0.3 is 14.7 Å². The van der Waals surface area contributed by atoms with Gasteiger partial charge >= 0.3 is 5.97 Å². The number of carboxylic acid groups (broad SMARTS) is 1. The van der Waals surface area contributed by atoms with Gasteiger partial charge in [0.15, 0.2) is 0 Å². The van der Waals surface area contributed by atoms with E-state index in [9.17, 15) is 9.59 Å². The summed E-state index contributed by atoms with van der Waals surface area (Å²) in [5.41, 5.74) is 0.943. The molecule has 1 aliphatic rings. The highest BCUT2D eigenvalue weighted by molar-refractivity contribution is 5.83. The monoisotopic (exact) mass is 305 g/mol. The Hall–Kier alpha value is -2.04. The first-order valence-corrected chi connectivity index (χ1v) is 7.59. The lowest BCUT2D eigenvalue weighted by Gasteiger charge is -2.36. The minimum Gasteiger partial charge on any atom is -0.497 e. The van der Waals surface area contributed by atoms with Gasteiger partial charge in [0.25, 0.3) is 0 Å². The van der Waals surface area contributed by atoms with Crippen LogP contribution in [0.15, 0.2) is 24.3 Å². The van der Waals surface area contributed by atoms with Gasteiger partial charge in [-0.3, -0.25) is 9.59 Å². The number of methoxy groups -OCH3 is 1. The second-order valence-electron chi connectivity index (χ2n) is 5.99. The third-order valence-electron chi connectivity index (χ3n) is 4.52. The molecule has 1 aromatic rings. The molecule has 120 valence electrons. The highest BCUT2D eigenvalue weighted by atomic mass is 16.5. The van der Waals surface area contributed by atoms with Gasteiger partial charge in [-0.2, -0.15) is 0 Å². The van der Waals surface area contributed by atoms with Crippen molar-refractivity contribution in [2.24, 2.45) is 11.8 Å². The van der Waals surface area contributed by atoms with Crippen LogP contribution in [0.4, 0.5) is 0 Å². The predicted molar refractivity (Wildman–Crippen MR) is 82.9 cm³/mol. The summed E-state index contributed by atoms with van der Waals surface area (Å²) in [6.07, 6.45) is 0.525. The Morgan fingerprint density at radius 2 is 1.95 bits per heavy atom. The lowest BCUT2D eigenvalue weighted by molar-refractivity contribution is -0.148. The van der Waals surface area contributed by atoms with E-state index >= 15 is 0 Å². The smallest absolute Gasteiger partial charge is 0.306 e. The molecule has 0 radical (unpaired) electrons. The van der Waals surface area contributed by atoms with Crippen molar-refractivity contribution in [2.45, 2.75) is 26.2 Å². The highest BCUT2D eigenvalue weighted by Crippen LogP contribution is 2.27. The number of aliphatic carboxylic acids is 1. The van der Waals surface area contributed by atoms with Crippen molar-refractivity contribution in [1.29, 1.82) is 0 Å². The quantitative estimate of drug-likeness (QED) is 0.927. The van der Waals surface area contributed by atoms with Crippen LogP contribution in [0.1, 0.15) is 31.7 Å². The average molecular weight is 305 g/mol. The van der Waals surface area contributed by atoms with Crippen LogP contribution in [0.3, 0.4) is 0 Å². The first-order valence-electron chi connectivity index (χ1n) is 7.59. The van der Waals surface area contributed by atoms with E-state index in [2.05, 4.69) is 0 Å². The van der Waals surface area contributed by atoms with Crippen molar-refractivity contribution >= 4 is 11.9 Å². The van der Waals surface area contributed by atoms with E-state index in [1.165, 1.54) is 0 Å². The second-order valence-corrected chi connectivity index (χ2v) is 5.99. The number of carboxylic acids is 1. The van der Waals surface area contributed by atoms with E-state index in [4.69, 9.17) is 9.84 Å². The van der Waals surface area contributed by atoms with Crippen molar-refractivity contribution in [3.05, 3.63) is 29.8 Å². The first-order chi connectivity index (χ1) is 10.4. The molecule has 3 atom stereocenters. The van der Waals surface area contributed by atoms with Crippen LogP contribution in [-0.2, 0) is 9.59 Å².